The predicted octanol–water partition coefficient (Wildman–Crippen LogP) is 1.14. The van der Waals surface area contributed by atoms with Gasteiger partial charge < -0.3 is 10.6 Å². The second-order valence-corrected chi connectivity index (χ2v) is 4.50. The molecule has 0 amide bonds. The van der Waals surface area contributed by atoms with E-state index in [4.69, 9.17) is 0 Å². The maximum atomic E-state index is 4.26. The Balaban J connectivity index is 1.72. The van der Waals surface area contributed by atoms with Crippen molar-refractivity contribution in [2.75, 3.05) is 26.2 Å². The summed E-state index contributed by atoms with van der Waals surface area (Å²) in [6.07, 6.45) is 4.94. The van der Waals surface area contributed by atoms with Gasteiger partial charge in [0.25, 0.3) is 0 Å². The molecule has 4 nitrogen and oxygen atoms in total. The fraction of sp³-hybridized carbons (Fsp3) is 0.545. The van der Waals surface area contributed by atoms with Crippen molar-refractivity contribution in [1.82, 2.24) is 20.0 Å². The summed E-state index contributed by atoms with van der Waals surface area (Å²) in [6, 6.07) is 0. The van der Waals surface area contributed by atoms with Gasteiger partial charge in [0.1, 0.15) is 0 Å². The zero-order chi connectivity index (χ0) is 11.2. The number of thiazole rings is 1. The standard InChI is InChI=1S/C11H18N4S/c1-2-12-5-6-13-4-3-10-9-16-11-14-7-8-15(10)11/h7-9,12-13H,2-6H2,1H3. The molecular weight excluding hydrogens is 220 g/mol. The zero-order valence-electron chi connectivity index (χ0n) is 9.57. The molecule has 2 aromatic rings. The van der Waals surface area contributed by atoms with Crippen LogP contribution >= 0.6 is 11.3 Å². The normalized spacial score (nSPS) is 11.3. The Kier molecular flexibility index (Phi) is 4.33. The fourth-order valence-corrected chi connectivity index (χ4v) is 2.53. The van der Waals surface area contributed by atoms with Gasteiger partial charge in [-0.1, -0.05) is 6.92 Å². The molecule has 0 radical (unpaired) electrons. The molecule has 0 aromatic carbocycles. The molecule has 0 unspecified atom stereocenters. The Morgan fingerprint density at radius 1 is 1.31 bits per heavy atom. The third-order valence-corrected chi connectivity index (χ3v) is 3.41. The molecule has 2 heterocycles. The van der Waals surface area contributed by atoms with E-state index in [0.29, 0.717) is 0 Å². The minimum Gasteiger partial charge on any atom is -0.316 e. The molecule has 2 aromatic heterocycles. The number of nitrogens with zero attached hydrogens (tertiary/aromatic N) is 2. The van der Waals surface area contributed by atoms with Gasteiger partial charge in [-0.25, -0.2) is 4.98 Å². The molecule has 0 atom stereocenters. The lowest BCUT2D eigenvalue weighted by Gasteiger charge is -2.04. The van der Waals surface area contributed by atoms with Crippen LogP contribution in [0.5, 0.6) is 0 Å². The van der Waals surface area contributed by atoms with Crippen LogP contribution < -0.4 is 10.6 Å². The SMILES string of the molecule is CCNCCNCCc1csc2nccn12. The van der Waals surface area contributed by atoms with Gasteiger partial charge in [0, 0.05) is 49.5 Å². The van der Waals surface area contributed by atoms with E-state index in [-0.39, 0.29) is 0 Å². The lowest BCUT2D eigenvalue weighted by molar-refractivity contribution is 0.621. The maximum Gasteiger partial charge on any atom is 0.193 e. The molecule has 16 heavy (non-hydrogen) atoms. The Labute approximate surface area is 99.7 Å². The highest BCUT2D eigenvalue weighted by Gasteiger charge is 2.02. The van der Waals surface area contributed by atoms with Gasteiger partial charge in [-0.05, 0) is 6.54 Å². The molecule has 0 saturated heterocycles. The van der Waals surface area contributed by atoms with E-state index in [9.17, 15) is 0 Å². The largest absolute Gasteiger partial charge is 0.316 e. The minimum atomic E-state index is 1.02. The van der Waals surface area contributed by atoms with Crippen LogP contribution in [0.15, 0.2) is 17.8 Å². The first-order valence-corrected chi connectivity index (χ1v) is 6.60. The fourth-order valence-electron chi connectivity index (χ4n) is 1.65. The lowest BCUT2D eigenvalue weighted by atomic mass is 10.3. The van der Waals surface area contributed by atoms with E-state index >= 15 is 0 Å². The van der Waals surface area contributed by atoms with Crippen molar-refractivity contribution in [3.05, 3.63) is 23.5 Å². The summed E-state index contributed by atoms with van der Waals surface area (Å²) in [4.78, 5) is 5.34. The van der Waals surface area contributed by atoms with Gasteiger partial charge in [0.2, 0.25) is 0 Å². The van der Waals surface area contributed by atoms with Gasteiger partial charge in [-0.2, -0.15) is 0 Å². The molecule has 0 spiro atoms. The second kappa shape index (κ2) is 5.98. The molecule has 0 saturated carbocycles. The quantitative estimate of drug-likeness (QED) is 0.711. The second-order valence-electron chi connectivity index (χ2n) is 3.66. The Morgan fingerprint density at radius 2 is 2.19 bits per heavy atom. The van der Waals surface area contributed by atoms with Crippen LogP contribution in [0.25, 0.3) is 4.96 Å². The molecule has 88 valence electrons. The van der Waals surface area contributed by atoms with Gasteiger partial charge in [-0.3, -0.25) is 4.40 Å². The molecule has 2 rings (SSSR count). The summed E-state index contributed by atoms with van der Waals surface area (Å²) in [5.74, 6) is 0. The summed E-state index contributed by atoms with van der Waals surface area (Å²) < 4.78 is 2.16. The molecule has 0 aliphatic heterocycles. The van der Waals surface area contributed by atoms with E-state index in [1.54, 1.807) is 11.3 Å². The topological polar surface area (TPSA) is 41.4 Å². The van der Waals surface area contributed by atoms with E-state index in [1.807, 2.05) is 12.4 Å². The number of hydrogen-bond acceptors (Lipinski definition) is 4. The highest BCUT2D eigenvalue weighted by atomic mass is 32.1. The van der Waals surface area contributed by atoms with Gasteiger partial charge >= 0.3 is 0 Å². The first-order chi connectivity index (χ1) is 7.92. The Hall–Kier alpha value is -0.910. The molecule has 2 N–H and O–H groups in total. The average Bonchev–Trinajstić information content (AvgIpc) is 2.87. The molecular formula is C11H18N4S. The van der Waals surface area contributed by atoms with Crippen LogP contribution in [0.4, 0.5) is 0 Å². The first kappa shape index (κ1) is 11.6. The van der Waals surface area contributed by atoms with Crippen molar-refractivity contribution in [3.63, 3.8) is 0 Å². The van der Waals surface area contributed by atoms with E-state index in [0.717, 1.165) is 37.6 Å². The van der Waals surface area contributed by atoms with E-state index in [2.05, 4.69) is 32.3 Å². The van der Waals surface area contributed by atoms with Crippen LogP contribution in [0.2, 0.25) is 0 Å². The zero-order valence-corrected chi connectivity index (χ0v) is 10.4. The molecule has 0 aliphatic rings. The minimum absolute atomic E-state index is 1.02. The summed E-state index contributed by atoms with van der Waals surface area (Å²) in [7, 11) is 0. The number of nitrogens with one attached hydrogen (secondary N) is 2. The molecule has 0 fully saturated rings. The number of fused-ring (bicyclic) bond motifs is 1. The van der Waals surface area contributed by atoms with Crippen molar-refractivity contribution in [2.45, 2.75) is 13.3 Å². The monoisotopic (exact) mass is 238 g/mol. The molecule has 0 aliphatic carbocycles. The van der Waals surface area contributed by atoms with Gasteiger partial charge in [0.15, 0.2) is 4.96 Å². The van der Waals surface area contributed by atoms with Crippen molar-refractivity contribution >= 4 is 16.3 Å². The summed E-state index contributed by atoms with van der Waals surface area (Å²) in [6.45, 7) is 6.27. The van der Waals surface area contributed by atoms with Crippen molar-refractivity contribution in [1.29, 1.82) is 0 Å². The summed E-state index contributed by atoms with van der Waals surface area (Å²) in [5.41, 5.74) is 1.34. The van der Waals surface area contributed by atoms with Crippen molar-refractivity contribution in [2.24, 2.45) is 0 Å². The number of hydrogen-bond donors (Lipinski definition) is 2. The third kappa shape index (κ3) is 2.81. The molecule has 5 heteroatoms. The Bertz CT molecular complexity index is 420. The van der Waals surface area contributed by atoms with Crippen LogP contribution in [-0.2, 0) is 6.42 Å². The third-order valence-electron chi connectivity index (χ3n) is 2.50. The van der Waals surface area contributed by atoms with Crippen molar-refractivity contribution in [3.8, 4) is 0 Å². The average molecular weight is 238 g/mol. The van der Waals surface area contributed by atoms with Crippen LogP contribution in [0, 0.1) is 0 Å². The van der Waals surface area contributed by atoms with Crippen LogP contribution in [-0.4, -0.2) is 35.6 Å². The van der Waals surface area contributed by atoms with Crippen LogP contribution in [0.3, 0.4) is 0 Å². The number of imidazole rings is 1. The maximum absolute atomic E-state index is 4.26. The van der Waals surface area contributed by atoms with Crippen molar-refractivity contribution < 1.29 is 0 Å². The smallest absolute Gasteiger partial charge is 0.193 e. The number of likely N-dealkylation sites (N-methyl/N-ethyl adjacent to an activating group) is 1. The van der Waals surface area contributed by atoms with Gasteiger partial charge in [0.05, 0.1) is 0 Å². The number of aromatic nitrogens is 2. The number of rotatable bonds is 7. The van der Waals surface area contributed by atoms with Gasteiger partial charge in [-0.15, -0.1) is 11.3 Å². The van der Waals surface area contributed by atoms with E-state index < -0.39 is 0 Å². The predicted molar refractivity (Wildman–Crippen MR) is 68.2 cm³/mol. The first-order valence-electron chi connectivity index (χ1n) is 5.72. The summed E-state index contributed by atoms with van der Waals surface area (Å²) >= 11 is 1.70. The summed E-state index contributed by atoms with van der Waals surface area (Å²) in [5, 5.41) is 8.90. The van der Waals surface area contributed by atoms with E-state index in [1.165, 1.54) is 5.69 Å². The highest BCUT2D eigenvalue weighted by Crippen LogP contribution is 2.14. The van der Waals surface area contributed by atoms with Crippen LogP contribution in [0.1, 0.15) is 12.6 Å². The lowest BCUT2D eigenvalue weighted by Crippen LogP contribution is -2.28. The highest BCUT2D eigenvalue weighted by molar-refractivity contribution is 7.15. The Morgan fingerprint density at radius 3 is 3.06 bits per heavy atom. The molecule has 0 bridgehead atoms.